The molecule has 0 fully saturated rings. The quantitative estimate of drug-likeness (QED) is 0.505. The lowest BCUT2D eigenvalue weighted by molar-refractivity contribution is -0.140. The third-order valence-electron chi connectivity index (χ3n) is 1.75. The maximum Gasteiger partial charge on any atom is 0.305 e. The molecule has 0 aromatic rings. The van der Waals surface area contributed by atoms with Crippen LogP contribution in [-0.2, 0) is 9.53 Å². The summed E-state index contributed by atoms with van der Waals surface area (Å²) in [6, 6.07) is -0.0225. The van der Waals surface area contributed by atoms with Crippen LogP contribution in [0, 0.1) is 0 Å². The maximum atomic E-state index is 10.7. The van der Waals surface area contributed by atoms with Crippen LogP contribution < -0.4 is 5.73 Å². The van der Waals surface area contributed by atoms with Crippen LogP contribution in [0.1, 0.15) is 32.6 Å². The summed E-state index contributed by atoms with van der Waals surface area (Å²) in [6.45, 7) is 2.12. The van der Waals surface area contributed by atoms with E-state index < -0.39 is 0 Å². The number of rotatable bonds is 6. The molecule has 1 atom stereocenters. The van der Waals surface area contributed by atoms with Crippen molar-refractivity contribution >= 4 is 5.97 Å². The molecule has 0 rings (SSSR count). The van der Waals surface area contributed by atoms with Gasteiger partial charge in [-0.2, -0.15) is 0 Å². The molecule has 0 spiro atoms. The molecule has 0 aliphatic heterocycles. The molecule has 3 nitrogen and oxygen atoms in total. The van der Waals surface area contributed by atoms with E-state index in [1.165, 1.54) is 7.11 Å². The van der Waals surface area contributed by atoms with Gasteiger partial charge in [0.1, 0.15) is 0 Å². The lowest BCUT2D eigenvalue weighted by Gasteiger charge is -2.04. The molecule has 2 N–H and O–H groups in total. The van der Waals surface area contributed by atoms with E-state index in [9.17, 15) is 4.79 Å². The molecule has 0 heterocycles. The van der Waals surface area contributed by atoms with Gasteiger partial charge in [-0.25, -0.2) is 0 Å². The van der Waals surface area contributed by atoms with Crippen molar-refractivity contribution in [2.24, 2.45) is 5.73 Å². The summed E-state index contributed by atoms with van der Waals surface area (Å²) >= 11 is 0. The maximum absolute atomic E-state index is 10.7. The van der Waals surface area contributed by atoms with Gasteiger partial charge in [-0.15, -0.1) is 0 Å². The van der Waals surface area contributed by atoms with Crippen molar-refractivity contribution in [1.82, 2.24) is 0 Å². The lowest BCUT2D eigenvalue weighted by atomic mass is 10.1. The highest BCUT2D eigenvalue weighted by Gasteiger charge is 2.03. The van der Waals surface area contributed by atoms with Crippen LogP contribution in [0.4, 0.5) is 0 Å². The minimum Gasteiger partial charge on any atom is -0.469 e. The third kappa shape index (κ3) is 7.53. The standard InChI is InChI=1S/C10H19NO2/c1-3-4-5-6-9(11)7-8-10(12)13-2/h5-6,9H,3-4,7-8,11H2,1-2H3/b6-5+. The Labute approximate surface area is 79.9 Å². The summed E-state index contributed by atoms with van der Waals surface area (Å²) in [7, 11) is 1.39. The van der Waals surface area contributed by atoms with Crippen LogP contribution in [0.25, 0.3) is 0 Å². The zero-order valence-electron chi connectivity index (χ0n) is 8.45. The summed E-state index contributed by atoms with van der Waals surface area (Å²) in [4.78, 5) is 10.7. The van der Waals surface area contributed by atoms with Gasteiger partial charge in [0.15, 0.2) is 0 Å². The molecule has 0 saturated carbocycles. The van der Waals surface area contributed by atoms with Gasteiger partial charge in [0.25, 0.3) is 0 Å². The first-order valence-corrected chi connectivity index (χ1v) is 4.69. The normalized spacial score (nSPS) is 13.2. The predicted octanol–water partition coefficient (Wildman–Crippen LogP) is 1.62. The number of ether oxygens (including phenoxy) is 1. The summed E-state index contributed by atoms with van der Waals surface area (Å²) in [5.74, 6) is -0.195. The molecule has 0 radical (unpaired) electrons. The SMILES string of the molecule is CCC/C=C/C(N)CCC(=O)OC. The minimum absolute atomic E-state index is 0.0225. The highest BCUT2D eigenvalue weighted by molar-refractivity contribution is 5.69. The summed E-state index contributed by atoms with van der Waals surface area (Å²) in [6.07, 6.45) is 7.24. The van der Waals surface area contributed by atoms with Crippen LogP contribution in [0.2, 0.25) is 0 Å². The van der Waals surface area contributed by atoms with Gasteiger partial charge < -0.3 is 10.5 Å². The molecule has 13 heavy (non-hydrogen) atoms. The highest BCUT2D eigenvalue weighted by atomic mass is 16.5. The molecular weight excluding hydrogens is 166 g/mol. The Kier molecular flexibility index (Phi) is 7.30. The molecule has 0 amide bonds. The second-order valence-corrected chi connectivity index (χ2v) is 3.00. The van der Waals surface area contributed by atoms with Gasteiger partial charge in [0, 0.05) is 12.5 Å². The van der Waals surface area contributed by atoms with E-state index in [-0.39, 0.29) is 12.0 Å². The van der Waals surface area contributed by atoms with Crippen molar-refractivity contribution in [3.63, 3.8) is 0 Å². The van der Waals surface area contributed by atoms with Gasteiger partial charge in [-0.1, -0.05) is 25.5 Å². The van der Waals surface area contributed by atoms with E-state index in [2.05, 4.69) is 17.7 Å². The number of methoxy groups -OCH3 is 1. The van der Waals surface area contributed by atoms with Gasteiger partial charge in [0.2, 0.25) is 0 Å². The fourth-order valence-corrected chi connectivity index (χ4v) is 0.920. The van der Waals surface area contributed by atoms with E-state index in [1.54, 1.807) is 0 Å². The number of hydrogen-bond acceptors (Lipinski definition) is 3. The molecule has 0 aliphatic carbocycles. The number of hydrogen-bond donors (Lipinski definition) is 1. The molecular formula is C10H19NO2. The number of carbonyl (C=O) groups excluding carboxylic acids is 1. The van der Waals surface area contributed by atoms with Crippen LogP contribution in [0.5, 0.6) is 0 Å². The average molecular weight is 185 g/mol. The topological polar surface area (TPSA) is 52.3 Å². The smallest absolute Gasteiger partial charge is 0.305 e. The Morgan fingerprint density at radius 2 is 2.31 bits per heavy atom. The lowest BCUT2D eigenvalue weighted by Crippen LogP contribution is -2.18. The third-order valence-corrected chi connectivity index (χ3v) is 1.75. The van der Waals surface area contributed by atoms with Gasteiger partial charge in [-0.3, -0.25) is 4.79 Å². The summed E-state index contributed by atoms with van der Waals surface area (Å²) < 4.78 is 4.51. The van der Waals surface area contributed by atoms with Gasteiger partial charge >= 0.3 is 5.97 Å². The molecule has 0 saturated heterocycles. The minimum atomic E-state index is -0.195. The Morgan fingerprint density at radius 3 is 2.85 bits per heavy atom. The predicted molar refractivity (Wildman–Crippen MR) is 53.3 cm³/mol. The second-order valence-electron chi connectivity index (χ2n) is 3.00. The van der Waals surface area contributed by atoms with Crippen molar-refractivity contribution in [3.8, 4) is 0 Å². The van der Waals surface area contributed by atoms with Gasteiger partial charge in [-0.05, 0) is 12.8 Å². The molecule has 1 unspecified atom stereocenters. The first-order valence-electron chi connectivity index (χ1n) is 4.69. The molecule has 3 heteroatoms. The molecule has 0 aliphatic rings. The van der Waals surface area contributed by atoms with Crippen LogP contribution in [-0.4, -0.2) is 19.1 Å². The number of unbranched alkanes of at least 4 members (excludes halogenated alkanes) is 1. The van der Waals surface area contributed by atoms with Crippen LogP contribution in [0.3, 0.4) is 0 Å². The first-order chi connectivity index (χ1) is 6.20. The number of carbonyl (C=O) groups is 1. The highest BCUT2D eigenvalue weighted by Crippen LogP contribution is 1.99. The molecule has 0 aromatic carbocycles. The van der Waals surface area contributed by atoms with E-state index in [4.69, 9.17) is 5.73 Å². The van der Waals surface area contributed by atoms with E-state index in [0.717, 1.165) is 12.8 Å². The molecule has 0 bridgehead atoms. The zero-order chi connectivity index (χ0) is 10.1. The largest absolute Gasteiger partial charge is 0.469 e. The summed E-state index contributed by atoms with van der Waals surface area (Å²) in [5, 5.41) is 0. The molecule has 76 valence electrons. The Morgan fingerprint density at radius 1 is 1.62 bits per heavy atom. The van der Waals surface area contributed by atoms with Crippen molar-refractivity contribution < 1.29 is 9.53 Å². The first kappa shape index (κ1) is 12.2. The zero-order valence-corrected chi connectivity index (χ0v) is 8.45. The van der Waals surface area contributed by atoms with E-state index in [0.29, 0.717) is 12.8 Å². The van der Waals surface area contributed by atoms with Crippen molar-refractivity contribution in [3.05, 3.63) is 12.2 Å². The van der Waals surface area contributed by atoms with E-state index >= 15 is 0 Å². The Balaban J connectivity index is 3.50. The number of allylic oxidation sites excluding steroid dienone is 1. The average Bonchev–Trinajstić information content (AvgIpc) is 2.14. The Bertz CT molecular complexity index is 166. The van der Waals surface area contributed by atoms with Crippen LogP contribution in [0.15, 0.2) is 12.2 Å². The van der Waals surface area contributed by atoms with Gasteiger partial charge in [0.05, 0.1) is 7.11 Å². The van der Waals surface area contributed by atoms with Crippen molar-refractivity contribution in [2.45, 2.75) is 38.6 Å². The number of esters is 1. The van der Waals surface area contributed by atoms with E-state index in [1.807, 2.05) is 6.08 Å². The monoisotopic (exact) mass is 185 g/mol. The summed E-state index contributed by atoms with van der Waals surface area (Å²) in [5.41, 5.74) is 5.72. The van der Waals surface area contributed by atoms with Crippen molar-refractivity contribution in [1.29, 1.82) is 0 Å². The second kappa shape index (κ2) is 7.80. The van der Waals surface area contributed by atoms with Crippen LogP contribution >= 0.6 is 0 Å². The number of nitrogens with two attached hydrogens (primary N) is 1. The fraction of sp³-hybridized carbons (Fsp3) is 0.700. The van der Waals surface area contributed by atoms with Crippen molar-refractivity contribution in [2.75, 3.05) is 7.11 Å². The Hall–Kier alpha value is -0.830. The molecule has 0 aromatic heterocycles. The fourth-order valence-electron chi connectivity index (χ4n) is 0.920.